The summed E-state index contributed by atoms with van der Waals surface area (Å²) in [6.45, 7) is 11.5. The highest BCUT2D eigenvalue weighted by atomic mass is 14.8. The van der Waals surface area contributed by atoms with E-state index in [1.54, 1.807) is 5.57 Å². The minimum atomic E-state index is 0.759. The molecule has 1 nitrogen and oxygen atoms in total. The third kappa shape index (κ3) is 3.98. The fraction of sp³-hybridized carbons (Fsp3) is 0.857. The molecule has 0 radical (unpaired) electrons. The van der Waals surface area contributed by atoms with Crippen molar-refractivity contribution in [3.8, 4) is 0 Å². The van der Waals surface area contributed by atoms with Crippen molar-refractivity contribution in [3.05, 3.63) is 11.6 Å². The van der Waals surface area contributed by atoms with E-state index in [2.05, 4.69) is 39.1 Å². The zero-order chi connectivity index (χ0) is 11.3. The van der Waals surface area contributed by atoms with Crippen LogP contribution in [0, 0.1) is 17.8 Å². The van der Waals surface area contributed by atoms with Gasteiger partial charge in [0, 0.05) is 0 Å². The van der Waals surface area contributed by atoms with Gasteiger partial charge in [0.15, 0.2) is 0 Å². The first-order chi connectivity index (χ1) is 7.15. The molecule has 0 aromatic rings. The molecule has 0 fully saturated rings. The Morgan fingerprint density at radius 2 is 2.13 bits per heavy atom. The van der Waals surface area contributed by atoms with Gasteiger partial charge in [0.05, 0.1) is 0 Å². The van der Waals surface area contributed by atoms with Crippen molar-refractivity contribution in [1.29, 1.82) is 0 Å². The molecule has 0 aromatic carbocycles. The second-order valence-electron chi connectivity index (χ2n) is 5.25. The van der Waals surface area contributed by atoms with Crippen LogP contribution >= 0.6 is 0 Å². The number of hydrogen-bond donors (Lipinski definition) is 1. The first kappa shape index (κ1) is 12.8. The Hall–Kier alpha value is -0.300. The van der Waals surface area contributed by atoms with Gasteiger partial charge >= 0.3 is 0 Å². The summed E-state index contributed by atoms with van der Waals surface area (Å²) in [6.07, 6.45) is 6.54. The van der Waals surface area contributed by atoms with E-state index in [4.69, 9.17) is 0 Å². The predicted molar refractivity (Wildman–Crippen MR) is 68.0 cm³/mol. The van der Waals surface area contributed by atoms with Crippen LogP contribution in [-0.4, -0.2) is 13.1 Å². The summed E-state index contributed by atoms with van der Waals surface area (Å²) in [6, 6.07) is 0. The van der Waals surface area contributed by atoms with Gasteiger partial charge < -0.3 is 5.32 Å². The van der Waals surface area contributed by atoms with Gasteiger partial charge in [0.1, 0.15) is 0 Å². The van der Waals surface area contributed by atoms with E-state index in [-0.39, 0.29) is 0 Å². The van der Waals surface area contributed by atoms with Crippen molar-refractivity contribution in [1.82, 2.24) is 5.32 Å². The maximum Gasteiger partial charge on any atom is -0.00205 e. The monoisotopic (exact) mass is 209 g/mol. The number of hydrogen-bond acceptors (Lipinski definition) is 1. The van der Waals surface area contributed by atoms with Crippen LogP contribution in [0.2, 0.25) is 0 Å². The summed E-state index contributed by atoms with van der Waals surface area (Å²) in [5.74, 6) is 2.50. The fourth-order valence-corrected chi connectivity index (χ4v) is 2.45. The SMILES string of the molecule is CCNCC(C)C1CC=C(C(C)C)CC1. The van der Waals surface area contributed by atoms with Crippen LogP contribution in [0.15, 0.2) is 11.6 Å². The molecule has 1 aliphatic carbocycles. The smallest absolute Gasteiger partial charge is 0.00205 e. The molecular weight excluding hydrogens is 182 g/mol. The minimum absolute atomic E-state index is 0.759. The molecular formula is C14H27N. The van der Waals surface area contributed by atoms with E-state index in [0.29, 0.717) is 0 Å². The van der Waals surface area contributed by atoms with Crippen molar-refractivity contribution in [2.24, 2.45) is 17.8 Å². The fourth-order valence-electron chi connectivity index (χ4n) is 2.45. The molecule has 0 spiro atoms. The molecule has 0 heterocycles. The van der Waals surface area contributed by atoms with E-state index < -0.39 is 0 Å². The second-order valence-corrected chi connectivity index (χ2v) is 5.25. The molecule has 2 atom stereocenters. The van der Waals surface area contributed by atoms with Crippen molar-refractivity contribution in [2.45, 2.75) is 47.0 Å². The minimum Gasteiger partial charge on any atom is -0.317 e. The van der Waals surface area contributed by atoms with Crippen LogP contribution in [-0.2, 0) is 0 Å². The number of allylic oxidation sites excluding steroid dienone is 2. The van der Waals surface area contributed by atoms with E-state index in [9.17, 15) is 0 Å². The van der Waals surface area contributed by atoms with Crippen LogP contribution in [0.25, 0.3) is 0 Å². The highest BCUT2D eigenvalue weighted by Crippen LogP contribution is 2.31. The van der Waals surface area contributed by atoms with Gasteiger partial charge in [0.2, 0.25) is 0 Å². The largest absolute Gasteiger partial charge is 0.317 e. The number of rotatable bonds is 5. The van der Waals surface area contributed by atoms with E-state index in [1.165, 1.54) is 25.8 Å². The van der Waals surface area contributed by atoms with Gasteiger partial charge in [-0.3, -0.25) is 0 Å². The molecule has 1 heteroatoms. The lowest BCUT2D eigenvalue weighted by atomic mass is 9.79. The molecule has 88 valence electrons. The van der Waals surface area contributed by atoms with Crippen molar-refractivity contribution in [2.75, 3.05) is 13.1 Å². The summed E-state index contributed by atoms with van der Waals surface area (Å²) in [5.41, 5.74) is 1.68. The summed E-state index contributed by atoms with van der Waals surface area (Å²) in [4.78, 5) is 0. The van der Waals surface area contributed by atoms with Crippen LogP contribution < -0.4 is 5.32 Å². The molecule has 2 unspecified atom stereocenters. The lowest BCUT2D eigenvalue weighted by Gasteiger charge is -2.28. The van der Waals surface area contributed by atoms with Gasteiger partial charge in [-0.1, -0.05) is 39.3 Å². The Labute approximate surface area is 95.3 Å². The molecule has 0 bridgehead atoms. The van der Waals surface area contributed by atoms with Crippen molar-refractivity contribution in [3.63, 3.8) is 0 Å². The van der Waals surface area contributed by atoms with Crippen LogP contribution in [0.1, 0.15) is 47.0 Å². The highest BCUT2D eigenvalue weighted by molar-refractivity contribution is 5.09. The Morgan fingerprint density at radius 3 is 2.60 bits per heavy atom. The molecule has 0 aromatic heterocycles. The molecule has 0 amide bonds. The van der Waals surface area contributed by atoms with E-state index in [0.717, 1.165) is 24.3 Å². The average molecular weight is 209 g/mol. The maximum absolute atomic E-state index is 3.46. The van der Waals surface area contributed by atoms with Gasteiger partial charge in [-0.05, 0) is 50.1 Å². The molecule has 1 aliphatic rings. The molecule has 1 N–H and O–H groups in total. The normalized spacial score (nSPS) is 24.1. The molecule has 0 saturated carbocycles. The predicted octanol–water partition coefficient (Wildman–Crippen LogP) is 3.61. The highest BCUT2D eigenvalue weighted by Gasteiger charge is 2.20. The Morgan fingerprint density at radius 1 is 1.40 bits per heavy atom. The van der Waals surface area contributed by atoms with Crippen LogP contribution in [0.3, 0.4) is 0 Å². The molecule has 15 heavy (non-hydrogen) atoms. The Balaban J connectivity index is 2.36. The van der Waals surface area contributed by atoms with Crippen molar-refractivity contribution >= 4 is 0 Å². The quantitative estimate of drug-likeness (QED) is 0.682. The number of nitrogens with one attached hydrogen (secondary N) is 1. The van der Waals surface area contributed by atoms with Gasteiger partial charge in [-0.25, -0.2) is 0 Å². The molecule has 0 aliphatic heterocycles. The summed E-state index contributed by atoms with van der Waals surface area (Å²) >= 11 is 0. The lowest BCUT2D eigenvalue weighted by molar-refractivity contribution is 0.312. The lowest BCUT2D eigenvalue weighted by Crippen LogP contribution is -2.27. The van der Waals surface area contributed by atoms with Gasteiger partial charge in [0.25, 0.3) is 0 Å². The third-order valence-corrected chi connectivity index (χ3v) is 3.75. The second kappa shape index (κ2) is 6.32. The summed E-state index contributed by atoms with van der Waals surface area (Å²) in [5, 5.41) is 3.46. The van der Waals surface area contributed by atoms with Crippen LogP contribution in [0.5, 0.6) is 0 Å². The van der Waals surface area contributed by atoms with Crippen LogP contribution in [0.4, 0.5) is 0 Å². The standard InChI is InChI=1S/C14H27N/c1-5-15-10-12(4)14-8-6-13(7-9-14)11(2)3/h6,11-12,14-15H,5,7-10H2,1-4H3. The Bertz CT molecular complexity index is 205. The zero-order valence-corrected chi connectivity index (χ0v) is 10.8. The van der Waals surface area contributed by atoms with Gasteiger partial charge in [-0.2, -0.15) is 0 Å². The van der Waals surface area contributed by atoms with Gasteiger partial charge in [-0.15, -0.1) is 0 Å². The zero-order valence-electron chi connectivity index (χ0n) is 10.8. The molecule has 0 saturated heterocycles. The van der Waals surface area contributed by atoms with E-state index >= 15 is 0 Å². The molecule has 1 rings (SSSR count). The summed E-state index contributed by atoms with van der Waals surface area (Å²) in [7, 11) is 0. The maximum atomic E-state index is 3.46. The topological polar surface area (TPSA) is 12.0 Å². The van der Waals surface area contributed by atoms with Crippen molar-refractivity contribution < 1.29 is 0 Å². The Kier molecular flexibility index (Phi) is 5.38. The third-order valence-electron chi connectivity index (χ3n) is 3.75. The van der Waals surface area contributed by atoms with E-state index in [1.807, 2.05) is 0 Å². The summed E-state index contributed by atoms with van der Waals surface area (Å²) < 4.78 is 0. The first-order valence-electron chi connectivity index (χ1n) is 6.54. The average Bonchev–Trinajstić information content (AvgIpc) is 2.26. The first-order valence-corrected chi connectivity index (χ1v) is 6.54.